The van der Waals surface area contributed by atoms with Gasteiger partial charge in [-0.05, 0) is 35.4 Å². The van der Waals surface area contributed by atoms with Crippen LogP contribution in [0.4, 0.5) is 4.39 Å². The Balaban J connectivity index is 2.13. The second-order valence-corrected chi connectivity index (χ2v) is 4.47. The van der Waals surface area contributed by atoms with Gasteiger partial charge in [0.25, 0.3) is 0 Å². The molecule has 0 radical (unpaired) electrons. The van der Waals surface area contributed by atoms with E-state index in [1.54, 1.807) is 19.2 Å². The molecule has 4 heteroatoms. The molecule has 0 bridgehead atoms. The van der Waals surface area contributed by atoms with Crippen LogP contribution in [-0.4, -0.2) is 13.7 Å². The minimum absolute atomic E-state index is 0.272. The lowest BCUT2D eigenvalue weighted by atomic mass is 10.1. The zero-order valence-corrected chi connectivity index (χ0v) is 11.4. The summed E-state index contributed by atoms with van der Waals surface area (Å²) in [5.41, 5.74) is 7.62. The maximum Gasteiger partial charge on any atom is 0.136 e. The number of benzene rings is 2. The van der Waals surface area contributed by atoms with Crippen LogP contribution >= 0.6 is 0 Å². The van der Waals surface area contributed by atoms with E-state index in [1.165, 1.54) is 12.1 Å². The lowest BCUT2D eigenvalue weighted by Crippen LogP contribution is -2.18. The van der Waals surface area contributed by atoms with E-state index in [-0.39, 0.29) is 11.9 Å². The van der Waals surface area contributed by atoms with Crippen LogP contribution in [0.15, 0.2) is 48.5 Å². The van der Waals surface area contributed by atoms with Crippen LogP contribution in [-0.2, 0) is 11.3 Å². The molecule has 0 spiro atoms. The minimum Gasteiger partial charge on any atom is -0.484 e. The number of halogens is 1. The van der Waals surface area contributed by atoms with Crippen molar-refractivity contribution in [3.63, 3.8) is 0 Å². The fraction of sp³-hybridized carbons (Fsp3) is 0.250. The summed E-state index contributed by atoms with van der Waals surface area (Å²) >= 11 is 0. The molecule has 106 valence electrons. The Labute approximate surface area is 118 Å². The van der Waals surface area contributed by atoms with Gasteiger partial charge in [-0.15, -0.1) is 0 Å². The van der Waals surface area contributed by atoms with Gasteiger partial charge in [0, 0.05) is 13.7 Å². The Bertz CT molecular complexity index is 542. The Kier molecular flexibility index (Phi) is 5.09. The van der Waals surface area contributed by atoms with Crippen molar-refractivity contribution in [2.24, 2.45) is 5.73 Å². The predicted molar refractivity (Wildman–Crippen MR) is 76.0 cm³/mol. The first kappa shape index (κ1) is 14.5. The van der Waals surface area contributed by atoms with Gasteiger partial charge in [-0.2, -0.15) is 0 Å². The number of rotatable bonds is 6. The average Bonchev–Trinajstić information content (AvgIpc) is 2.47. The van der Waals surface area contributed by atoms with Crippen LogP contribution in [0.2, 0.25) is 0 Å². The molecule has 0 amide bonds. The summed E-state index contributed by atoms with van der Waals surface area (Å²) in [5.74, 6) is 0.450. The van der Waals surface area contributed by atoms with Gasteiger partial charge < -0.3 is 15.2 Å². The molecular formula is C16H18FNO2. The molecule has 0 heterocycles. The standard InChI is InChI=1S/C16H18FNO2/c1-19-11-12-3-2-4-15(9-12)20-16(10-18)13-5-7-14(17)8-6-13/h2-9,16H,10-11,18H2,1H3. The summed E-state index contributed by atoms with van der Waals surface area (Å²) in [6.07, 6.45) is -0.298. The Morgan fingerprint density at radius 2 is 1.90 bits per heavy atom. The smallest absolute Gasteiger partial charge is 0.136 e. The molecule has 0 fully saturated rings. The van der Waals surface area contributed by atoms with E-state index < -0.39 is 0 Å². The van der Waals surface area contributed by atoms with Crippen molar-refractivity contribution in [3.05, 3.63) is 65.5 Å². The maximum atomic E-state index is 12.9. The van der Waals surface area contributed by atoms with Crippen molar-refractivity contribution in [2.75, 3.05) is 13.7 Å². The molecule has 0 aliphatic heterocycles. The first-order valence-electron chi connectivity index (χ1n) is 6.43. The molecule has 0 aliphatic carbocycles. The number of hydrogen-bond acceptors (Lipinski definition) is 3. The van der Waals surface area contributed by atoms with Crippen LogP contribution in [0.1, 0.15) is 17.2 Å². The molecule has 1 atom stereocenters. The van der Waals surface area contributed by atoms with Crippen LogP contribution in [0.25, 0.3) is 0 Å². The molecular weight excluding hydrogens is 257 g/mol. The van der Waals surface area contributed by atoms with Crippen molar-refractivity contribution in [3.8, 4) is 5.75 Å². The first-order chi connectivity index (χ1) is 9.72. The van der Waals surface area contributed by atoms with Crippen LogP contribution < -0.4 is 10.5 Å². The third kappa shape index (κ3) is 3.79. The quantitative estimate of drug-likeness (QED) is 0.881. The Hall–Kier alpha value is -1.91. The van der Waals surface area contributed by atoms with Gasteiger partial charge in [-0.1, -0.05) is 24.3 Å². The van der Waals surface area contributed by atoms with Crippen molar-refractivity contribution >= 4 is 0 Å². The normalized spacial score (nSPS) is 12.2. The lowest BCUT2D eigenvalue weighted by Gasteiger charge is -2.18. The second kappa shape index (κ2) is 7.03. The van der Waals surface area contributed by atoms with E-state index in [9.17, 15) is 4.39 Å². The molecule has 2 aromatic rings. The highest BCUT2D eigenvalue weighted by atomic mass is 19.1. The van der Waals surface area contributed by atoms with Crippen molar-refractivity contribution in [1.29, 1.82) is 0 Å². The number of hydrogen-bond donors (Lipinski definition) is 1. The van der Waals surface area contributed by atoms with Gasteiger partial charge in [0.05, 0.1) is 6.61 Å². The highest BCUT2D eigenvalue weighted by molar-refractivity contribution is 5.29. The van der Waals surface area contributed by atoms with E-state index in [0.29, 0.717) is 13.2 Å². The van der Waals surface area contributed by atoms with Gasteiger partial charge >= 0.3 is 0 Å². The summed E-state index contributed by atoms with van der Waals surface area (Å²) in [7, 11) is 1.65. The van der Waals surface area contributed by atoms with Gasteiger partial charge in [0.2, 0.25) is 0 Å². The van der Waals surface area contributed by atoms with Crippen molar-refractivity contribution in [2.45, 2.75) is 12.7 Å². The molecule has 0 aliphatic rings. The summed E-state index contributed by atoms with van der Waals surface area (Å²) in [6.45, 7) is 0.848. The summed E-state index contributed by atoms with van der Waals surface area (Å²) in [6, 6.07) is 13.8. The largest absolute Gasteiger partial charge is 0.484 e. The molecule has 0 saturated heterocycles. The van der Waals surface area contributed by atoms with E-state index in [0.717, 1.165) is 16.9 Å². The van der Waals surface area contributed by atoms with E-state index in [4.69, 9.17) is 15.2 Å². The van der Waals surface area contributed by atoms with Gasteiger partial charge in [0.1, 0.15) is 17.7 Å². The Morgan fingerprint density at radius 1 is 1.15 bits per heavy atom. The van der Waals surface area contributed by atoms with E-state index in [1.807, 2.05) is 24.3 Å². The minimum atomic E-state index is -0.298. The van der Waals surface area contributed by atoms with E-state index in [2.05, 4.69) is 0 Å². The fourth-order valence-corrected chi connectivity index (χ4v) is 1.97. The molecule has 2 N–H and O–H groups in total. The SMILES string of the molecule is COCc1cccc(OC(CN)c2ccc(F)cc2)c1. The molecule has 20 heavy (non-hydrogen) atoms. The fourth-order valence-electron chi connectivity index (χ4n) is 1.97. The van der Waals surface area contributed by atoms with Gasteiger partial charge in [-0.3, -0.25) is 0 Å². The zero-order chi connectivity index (χ0) is 14.4. The summed E-state index contributed by atoms with van der Waals surface area (Å²) in [4.78, 5) is 0. The van der Waals surface area contributed by atoms with Crippen molar-refractivity contribution < 1.29 is 13.9 Å². The molecule has 2 rings (SSSR count). The van der Waals surface area contributed by atoms with Crippen LogP contribution in [0, 0.1) is 5.82 Å². The van der Waals surface area contributed by atoms with Crippen LogP contribution in [0.3, 0.4) is 0 Å². The van der Waals surface area contributed by atoms with Gasteiger partial charge in [-0.25, -0.2) is 4.39 Å². The zero-order valence-electron chi connectivity index (χ0n) is 11.4. The summed E-state index contributed by atoms with van der Waals surface area (Å²) < 4.78 is 23.9. The third-order valence-corrected chi connectivity index (χ3v) is 2.94. The van der Waals surface area contributed by atoms with Gasteiger partial charge in [0.15, 0.2) is 0 Å². The number of ether oxygens (including phenoxy) is 2. The number of methoxy groups -OCH3 is 1. The van der Waals surface area contributed by atoms with Crippen molar-refractivity contribution in [1.82, 2.24) is 0 Å². The highest BCUT2D eigenvalue weighted by Gasteiger charge is 2.11. The topological polar surface area (TPSA) is 44.5 Å². The monoisotopic (exact) mass is 275 g/mol. The average molecular weight is 275 g/mol. The first-order valence-corrected chi connectivity index (χ1v) is 6.43. The highest BCUT2D eigenvalue weighted by Crippen LogP contribution is 2.22. The van der Waals surface area contributed by atoms with E-state index >= 15 is 0 Å². The third-order valence-electron chi connectivity index (χ3n) is 2.94. The molecule has 0 saturated carbocycles. The molecule has 1 unspecified atom stereocenters. The maximum absolute atomic E-state index is 12.9. The lowest BCUT2D eigenvalue weighted by molar-refractivity contribution is 0.183. The number of nitrogens with two attached hydrogens (primary N) is 1. The van der Waals surface area contributed by atoms with Crippen LogP contribution in [0.5, 0.6) is 5.75 Å². The molecule has 2 aromatic carbocycles. The second-order valence-electron chi connectivity index (χ2n) is 4.47. The molecule has 0 aromatic heterocycles. The summed E-state index contributed by atoms with van der Waals surface area (Å²) in [5, 5.41) is 0. The Morgan fingerprint density at radius 3 is 2.55 bits per heavy atom. The predicted octanol–water partition coefficient (Wildman–Crippen LogP) is 3.05. The molecule has 3 nitrogen and oxygen atoms in total.